The number of rotatable bonds is 5. The molecule has 0 aliphatic heterocycles. The molecule has 1 aromatic heterocycles. The van der Waals surface area contributed by atoms with Gasteiger partial charge < -0.3 is 15.6 Å². The average molecular weight is 213 g/mol. The smallest absolute Gasteiger partial charge is 0.361 e. The molecule has 6 heteroatoms. The summed E-state index contributed by atoms with van der Waals surface area (Å²) in [4.78, 5) is 11.3. The molecule has 0 aliphatic rings. The number of carbonyl (C=O) groups is 1. The summed E-state index contributed by atoms with van der Waals surface area (Å²) in [7, 11) is 0. The second-order valence-electron chi connectivity index (χ2n) is 2.99. The predicted octanol–water partition coefficient (Wildman–Crippen LogP) is 0.0244. The van der Waals surface area contributed by atoms with Gasteiger partial charge in [-0.3, -0.25) is 4.68 Å². The van der Waals surface area contributed by atoms with Crippen molar-refractivity contribution in [2.24, 2.45) is 0 Å². The van der Waals surface area contributed by atoms with E-state index in [-0.39, 0.29) is 12.3 Å². The summed E-state index contributed by atoms with van der Waals surface area (Å²) in [5, 5.41) is 12.6. The van der Waals surface area contributed by atoms with Crippen LogP contribution in [0, 0.1) is 0 Å². The largest absolute Gasteiger partial charge is 0.461 e. The van der Waals surface area contributed by atoms with E-state index in [0.717, 1.165) is 0 Å². The van der Waals surface area contributed by atoms with Crippen LogP contribution in [0.1, 0.15) is 23.8 Å². The van der Waals surface area contributed by atoms with E-state index in [2.05, 4.69) is 5.10 Å². The molecule has 0 atom stereocenters. The van der Waals surface area contributed by atoms with Crippen LogP contribution in [-0.2, 0) is 11.3 Å². The van der Waals surface area contributed by atoms with Crippen LogP contribution in [0.25, 0.3) is 0 Å². The molecule has 0 spiro atoms. The second kappa shape index (κ2) is 5.35. The minimum atomic E-state index is -0.516. The number of ether oxygens (including phenoxy) is 1. The number of carbonyl (C=O) groups excluding carboxylic acids is 1. The maximum absolute atomic E-state index is 11.3. The minimum absolute atomic E-state index is 0.0779. The molecule has 0 radical (unpaired) electrons. The van der Waals surface area contributed by atoms with Crippen LogP contribution >= 0.6 is 0 Å². The van der Waals surface area contributed by atoms with Crippen LogP contribution < -0.4 is 5.73 Å². The molecule has 0 saturated carbocycles. The Bertz CT molecular complexity index is 335. The number of hydrogen-bond donors (Lipinski definition) is 2. The van der Waals surface area contributed by atoms with E-state index in [1.165, 1.54) is 4.68 Å². The highest BCUT2D eigenvalue weighted by atomic mass is 16.5. The first-order valence-corrected chi connectivity index (χ1v) is 4.80. The lowest BCUT2D eigenvalue weighted by Gasteiger charge is -1.98. The molecule has 6 nitrogen and oxygen atoms in total. The number of aryl methyl sites for hydroxylation is 1. The third-order valence-electron chi connectivity index (χ3n) is 1.80. The Kier molecular flexibility index (Phi) is 4.11. The Hall–Kier alpha value is -1.56. The molecule has 0 aliphatic carbocycles. The zero-order valence-electron chi connectivity index (χ0n) is 8.64. The van der Waals surface area contributed by atoms with Crippen LogP contribution in [0.2, 0.25) is 0 Å². The maximum atomic E-state index is 11.3. The molecule has 0 unspecified atom stereocenters. The zero-order valence-corrected chi connectivity index (χ0v) is 8.64. The molecule has 1 heterocycles. The van der Waals surface area contributed by atoms with E-state index in [9.17, 15) is 4.79 Å². The molecule has 1 aromatic rings. The number of aromatic nitrogens is 2. The summed E-state index contributed by atoms with van der Waals surface area (Å²) < 4.78 is 6.31. The number of nitrogens with zero attached hydrogens (tertiary/aromatic N) is 2. The van der Waals surface area contributed by atoms with Crippen LogP contribution in [0.5, 0.6) is 0 Å². The zero-order chi connectivity index (χ0) is 11.3. The van der Waals surface area contributed by atoms with E-state index in [1.54, 1.807) is 13.1 Å². The van der Waals surface area contributed by atoms with Gasteiger partial charge in [-0.25, -0.2) is 4.79 Å². The third-order valence-corrected chi connectivity index (χ3v) is 1.80. The SMILES string of the molecule is CCOC(=O)c1nn(CCCO)cc1N. The van der Waals surface area contributed by atoms with Crippen molar-refractivity contribution in [2.45, 2.75) is 19.9 Å². The van der Waals surface area contributed by atoms with Gasteiger partial charge in [0.1, 0.15) is 0 Å². The van der Waals surface area contributed by atoms with Gasteiger partial charge in [0, 0.05) is 19.3 Å². The first-order valence-electron chi connectivity index (χ1n) is 4.80. The van der Waals surface area contributed by atoms with Gasteiger partial charge >= 0.3 is 5.97 Å². The Morgan fingerprint density at radius 3 is 3.07 bits per heavy atom. The Morgan fingerprint density at radius 2 is 2.47 bits per heavy atom. The van der Waals surface area contributed by atoms with Crippen LogP contribution in [0.3, 0.4) is 0 Å². The number of nitrogen functional groups attached to an aromatic ring is 1. The van der Waals surface area contributed by atoms with Gasteiger partial charge in [0.05, 0.1) is 12.3 Å². The first-order chi connectivity index (χ1) is 7.19. The lowest BCUT2D eigenvalue weighted by Crippen LogP contribution is -2.09. The summed E-state index contributed by atoms with van der Waals surface area (Å²) in [5.74, 6) is -0.516. The van der Waals surface area contributed by atoms with E-state index >= 15 is 0 Å². The summed E-state index contributed by atoms with van der Waals surface area (Å²) in [6.07, 6.45) is 2.13. The fourth-order valence-corrected chi connectivity index (χ4v) is 1.14. The van der Waals surface area contributed by atoms with Gasteiger partial charge in [-0.15, -0.1) is 0 Å². The number of aliphatic hydroxyl groups excluding tert-OH is 1. The molecule has 84 valence electrons. The quantitative estimate of drug-likeness (QED) is 0.673. The van der Waals surface area contributed by atoms with Crippen molar-refractivity contribution in [1.82, 2.24) is 9.78 Å². The Balaban J connectivity index is 2.72. The van der Waals surface area contributed by atoms with Crippen molar-refractivity contribution in [3.8, 4) is 0 Å². The van der Waals surface area contributed by atoms with E-state index in [1.807, 2.05) is 0 Å². The molecular weight excluding hydrogens is 198 g/mol. The molecule has 0 bridgehead atoms. The highest BCUT2D eigenvalue weighted by molar-refractivity contribution is 5.92. The minimum Gasteiger partial charge on any atom is -0.461 e. The van der Waals surface area contributed by atoms with Gasteiger partial charge in [-0.05, 0) is 13.3 Å². The van der Waals surface area contributed by atoms with E-state index in [0.29, 0.717) is 25.3 Å². The first kappa shape index (κ1) is 11.5. The summed E-state index contributed by atoms with van der Waals surface area (Å²) in [5.41, 5.74) is 6.03. The number of anilines is 1. The summed E-state index contributed by atoms with van der Waals surface area (Å²) in [6.45, 7) is 2.62. The van der Waals surface area contributed by atoms with Gasteiger partial charge in [0.25, 0.3) is 0 Å². The molecule has 1 rings (SSSR count). The van der Waals surface area contributed by atoms with Crippen molar-refractivity contribution in [3.63, 3.8) is 0 Å². The summed E-state index contributed by atoms with van der Waals surface area (Å²) >= 11 is 0. The topological polar surface area (TPSA) is 90.4 Å². The monoisotopic (exact) mass is 213 g/mol. The number of aliphatic hydroxyl groups is 1. The number of hydrogen-bond acceptors (Lipinski definition) is 5. The van der Waals surface area contributed by atoms with Gasteiger partial charge in [0.2, 0.25) is 0 Å². The van der Waals surface area contributed by atoms with Crippen LogP contribution in [0.4, 0.5) is 5.69 Å². The maximum Gasteiger partial charge on any atom is 0.361 e. The lowest BCUT2D eigenvalue weighted by atomic mass is 10.4. The predicted molar refractivity (Wildman–Crippen MR) is 54.3 cm³/mol. The average Bonchev–Trinajstić information content (AvgIpc) is 2.57. The third kappa shape index (κ3) is 2.95. The fourth-order valence-electron chi connectivity index (χ4n) is 1.14. The van der Waals surface area contributed by atoms with Gasteiger partial charge in [-0.1, -0.05) is 0 Å². The molecule has 15 heavy (non-hydrogen) atoms. The highest BCUT2D eigenvalue weighted by Crippen LogP contribution is 2.10. The number of esters is 1. The summed E-state index contributed by atoms with van der Waals surface area (Å²) in [6, 6.07) is 0. The Morgan fingerprint density at radius 1 is 1.73 bits per heavy atom. The van der Waals surface area contributed by atoms with Crippen molar-refractivity contribution >= 4 is 11.7 Å². The van der Waals surface area contributed by atoms with Crippen molar-refractivity contribution < 1.29 is 14.6 Å². The van der Waals surface area contributed by atoms with E-state index in [4.69, 9.17) is 15.6 Å². The van der Waals surface area contributed by atoms with Gasteiger partial charge in [0.15, 0.2) is 5.69 Å². The van der Waals surface area contributed by atoms with Crippen molar-refractivity contribution in [3.05, 3.63) is 11.9 Å². The van der Waals surface area contributed by atoms with Gasteiger partial charge in [-0.2, -0.15) is 5.10 Å². The standard InChI is InChI=1S/C9H15N3O3/c1-2-15-9(14)8-7(10)6-12(11-8)4-3-5-13/h6,13H,2-5,10H2,1H3. The van der Waals surface area contributed by atoms with Crippen molar-refractivity contribution in [1.29, 1.82) is 0 Å². The second-order valence-corrected chi connectivity index (χ2v) is 2.99. The molecule has 0 saturated heterocycles. The number of nitrogens with two attached hydrogens (primary N) is 1. The van der Waals surface area contributed by atoms with Crippen LogP contribution in [-0.4, -0.2) is 34.1 Å². The van der Waals surface area contributed by atoms with Crippen LogP contribution in [0.15, 0.2) is 6.20 Å². The lowest BCUT2D eigenvalue weighted by molar-refractivity contribution is 0.0519. The molecule has 0 fully saturated rings. The highest BCUT2D eigenvalue weighted by Gasteiger charge is 2.15. The van der Waals surface area contributed by atoms with Crippen molar-refractivity contribution in [2.75, 3.05) is 18.9 Å². The molecule has 0 aromatic carbocycles. The molecule has 0 amide bonds. The van der Waals surface area contributed by atoms with E-state index < -0.39 is 5.97 Å². The fraction of sp³-hybridized carbons (Fsp3) is 0.556. The molecular formula is C9H15N3O3. The Labute approximate surface area is 87.6 Å². The molecule has 3 N–H and O–H groups in total. The normalized spacial score (nSPS) is 10.3.